The van der Waals surface area contributed by atoms with Crippen LogP contribution in [0.1, 0.15) is 105 Å². The molecule has 3 unspecified atom stereocenters. The lowest BCUT2D eigenvalue weighted by Crippen LogP contribution is -2.51. The summed E-state index contributed by atoms with van der Waals surface area (Å²) in [6.07, 6.45) is 18.1. The van der Waals surface area contributed by atoms with E-state index in [9.17, 15) is 0 Å². The van der Waals surface area contributed by atoms with Crippen molar-refractivity contribution in [1.29, 1.82) is 0 Å². The lowest BCUT2D eigenvalue weighted by atomic mass is 9.47. The number of hydrogen-bond acceptors (Lipinski definition) is 1. The molecule has 4 rings (SSSR count). The summed E-state index contributed by atoms with van der Waals surface area (Å²) < 4.78 is 0. The summed E-state index contributed by atoms with van der Waals surface area (Å²) in [4.78, 5) is 0. The van der Waals surface area contributed by atoms with E-state index in [0.717, 1.165) is 35.5 Å². The molecule has 3 fully saturated rings. The van der Waals surface area contributed by atoms with Crippen LogP contribution in [0.3, 0.4) is 0 Å². The highest BCUT2D eigenvalue weighted by atomic mass is 14.7. The lowest BCUT2D eigenvalue weighted by Gasteiger charge is -2.58. The first kappa shape index (κ1) is 21.0. The molecule has 0 spiro atoms. The van der Waals surface area contributed by atoms with Crippen LogP contribution in [0.4, 0.5) is 0 Å². The highest BCUT2D eigenvalue weighted by Crippen LogP contribution is 2.67. The molecule has 4 aliphatic rings. The molecule has 0 heterocycles. The molecule has 0 aromatic rings. The van der Waals surface area contributed by atoms with Crippen molar-refractivity contribution in [3.05, 3.63) is 11.6 Å². The highest BCUT2D eigenvalue weighted by molar-refractivity contribution is 5.25. The second-order valence-corrected chi connectivity index (χ2v) is 12.3. The Hall–Kier alpha value is -0.300. The standard InChI is InChI=1S/C27H47N/c1-18(2)7-6-8-19(3)23-11-12-24-22-10-9-20-17-21(28)13-15-26(20,4)25(22)14-16-27(23,24)5/h9,18-19,21-25H,6-8,10-17,28H2,1-5H3/t19-,21?,22+,23-,24?,25?,26+,27-/m1/s1. The number of fused-ring (bicyclic) bond motifs is 5. The fraction of sp³-hybridized carbons (Fsp3) is 0.926. The Balaban J connectivity index is 1.49. The zero-order valence-electron chi connectivity index (χ0n) is 19.5. The molecule has 0 aromatic carbocycles. The van der Waals surface area contributed by atoms with Gasteiger partial charge in [-0.05, 0) is 97.7 Å². The molecule has 4 aliphatic carbocycles. The average molecular weight is 386 g/mol. The molecule has 28 heavy (non-hydrogen) atoms. The second kappa shape index (κ2) is 7.75. The third-order valence-corrected chi connectivity index (χ3v) is 10.3. The van der Waals surface area contributed by atoms with Crippen LogP contribution in [0.2, 0.25) is 0 Å². The van der Waals surface area contributed by atoms with E-state index >= 15 is 0 Å². The van der Waals surface area contributed by atoms with Gasteiger partial charge in [-0.25, -0.2) is 0 Å². The van der Waals surface area contributed by atoms with Crippen LogP contribution < -0.4 is 5.73 Å². The Morgan fingerprint density at radius 3 is 2.54 bits per heavy atom. The molecule has 0 aromatic heterocycles. The molecule has 0 bridgehead atoms. The number of hydrogen-bond donors (Lipinski definition) is 1. The third kappa shape index (κ3) is 3.42. The Bertz CT molecular complexity index is 591. The molecule has 3 saturated carbocycles. The molecule has 0 saturated heterocycles. The van der Waals surface area contributed by atoms with Crippen molar-refractivity contribution >= 4 is 0 Å². The maximum atomic E-state index is 6.34. The van der Waals surface area contributed by atoms with Crippen molar-refractivity contribution in [2.24, 2.45) is 52.1 Å². The SMILES string of the molecule is CC(C)CCC[C@@H](C)[C@H]1CCC2[C@@H]3CC=C4CC(N)CC[C@]4(C)C3CC[C@@]21C. The summed E-state index contributed by atoms with van der Waals surface area (Å²) in [5, 5.41) is 0. The smallest absolute Gasteiger partial charge is 0.00766 e. The van der Waals surface area contributed by atoms with Crippen molar-refractivity contribution in [3.63, 3.8) is 0 Å². The average Bonchev–Trinajstić information content (AvgIpc) is 2.99. The summed E-state index contributed by atoms with van der Waals surface area (Å²) in [6, 6.07) is 0.423. The molecular formula is C27H47N. The van der Waals surface area contributed by atoms with Gasteiger partial charge in [0.2, 0.25) is 0 Å². The minimum Gasteiger partial charge on any atom is -0.327 e. The second-order valence-electron chi connectivity index (χ2n) is 12.3. The molecular weight excluding hydrogens is 338 g/mol. The zero-order chi connectivity index (χ0) is 20.1. The van der Waals surface area contributed by atoms with Crippen molar-refractivity contribution in [2.75, 3.05) is 0 Å². The van der Waals surface area contributed by atoms with Gasteiger partial charge in [-0.15, -0.1) is 0 Å². The number of nitrogens with two attached hydrogens (primary N) is 1. The molecule has 160 valence electrons. The minimum absolute atomic E-state index is 0.423. The van der Waals surface area contributed by atoms with Crippen LogP contribution >= 0.6 is 0 Å². The summed E-state index contributed by atoms with van der Waals surface area (Å²) >= 11 is 0. The quantitative estimate of drug-likeness (QED) is 0.492. The minimum atomic E-state index is 0.423. The van der Waals surface area contributed by atoms with Gasteiger partial charge in [0.15, 0.2) is 0 Å². The van der Waals surface area contributed by atoms with Gasteiger partial charge in [-0.3, -0.25) is 0 Å². The first-order chi connectivity index (χ1) is 13.3. The van der Waals surface area contributed by atoms with Crippen molar-refractivity contribution in [1.82, 2.24) is 0 Å². The highest BCUT2D eigenvalue weighted by Gasteiger charge is 2.58. The summed E-state index contributed by atoms with van der Waals surface area (Å²) in [5.74, 6) is 5.63. The van der Waals surface area contributed by atoms with E-state index in [1.807, 2.05) is 0 Å². The number of allylic oxidation sites excluding steroid dienone is 1. The first-order valence-electron chi connectivity index (χ1n) is 12.7. The normalized spacial score (nSPS) is 46.5. The van der Waals surface area contributed by atoms with Crippen LogP contribution in [0.5, 0.6) is 0 Å². The van der Waals surface area contributed by atoms with Gasteiger partial charge >= 0.3 is 0 Å². The van der Waals surface area contributed by atoms with E-state index in [1.54, 1.807) is 5.57 Å². The topological polar surface area (TPSA) is 26.0 Å². The van der Waals surface area contributed by atoms with Crippen LogP contribution in [0.15, 0.2) is 11.6 Å². The summed E-state index contributed by atoms with van der Waals surface area (Å²) in [6.45, 7) is 12.7. The molecule has 0 amide bonds. The molecule has 1 heteroatoms. The Morgan fingerprint density at radius 2 is 1.79 bits per heavy atom. The van der Waals surface area contributed by atoms with Gasteiger partial charge < -0.3 is 5.73 Å². The van der Waals surface area contributed by atoms with Gasteiger partial charge in [0.05, 0.1) is 0 Å². The van der Waals surface area contributed by atoms with Crippen molar-refractivity contribution in [2.45, 2.75) is 111 Å². The van der Waals surface area contributed by atoms with Gasteiger partial charge in [0.1, 0.15) is 0 Å². The van der Waals surface area contributed by atoms with Crippen molar-refractivity contribution in [3.8, 4) is 0 Å². The van der Waals surface area contributed by atoms with Crippen LogP contribution in [0, 0.1) is 46.3 Å². The monoisotopic (exact) mass is 385 g/mol. The molecule has 0 aliphatic heterocycles. The molecule has 2 N–H and O–H groups in total. The van der Waals surface area contributed by atoms with Gasteiger partial charge in [0, 0.05) is 6.04 Å². The third-order valence-electron chi connectivity index (χ3n) is 10.3. The molecule has 1 nitrogen and oxygen atoms in total. The van der Waals surface area contributed by atoms with E-state index < -0.39 is 0 Å². The van der Waals surface area contributed by atoms with Crippen molar-refractivity contribution < 1.29 is 0 Å². The van der Waals surface area contributed by atoms with Gasteiger partial charge in [-0.2, -0.15) is 0 Å². The zero-order valence-corrected chi connectivity index (χ0v) is 19.5. The van der Waals surface area contributed by atoms with E-state index in [-0.39, 0.29) is 0 Å². The van der Waals surface area contributed by atoms with E-state index in [4.69, 9.17) is 5.73 Å². The summed E-state index contributed by atoms with van der Waals surface area (Å²) in [5.41, 5.74) is 9.18. The molecule has 0 radical (unpaired) electrons. The summed E-state index contributed by atoms with van der Waals surface area (Å²) in [7, 11) is 0. The lowest BCUT2D eigenvalue weighted by molar-refractivity contribution is -0.0508. The fourth-order valence-corrected chi connectivity index (χ4v) is 8.71. The van der Waals surface area contributed by atoms with E-state index in [2.05, 4.69) is 40.7 Å². The van der Waals surface area contributed by atoms with E-state index in [1.165, 1.54) is 70.6 Å². The van der Waals surface area contributed by atoms with Crippen LogP contribution in [-0.4, -0.2) is 6.04 Å². The predicted octanol–water partition coefficient (Wildman–Crippen LogP) is 7.36. The maximum Gasteiger partial charge on any atom is 0.00766 e. The Morgan fingerprint density at radius 1 is 1.00 bits per heavy atom. The Kier molecular flexibility index (Phi) is 5.80. The number of rotatable bonds is 5. The van der Waals surface area contributed by atoms with E-state index in [0.29, 0.717) is 16.9 Å². The van der Waals surface area contributed by atoms with Crippen LogP contribution in [0.25, 0.3) is 0 Å². The Labute approximate surface area is 175 Å². The maximum absolute atomic E-state index is 6.34. The van der Waals surface area contributed by atoms with Gasteiger partial charge in [-0.1, -0.05) is 65.5 Å². The predicted molar refractivity (Wildman–Crippen MR) is 121 cm³/mol. The van der Waals surface area contributed by atoms with Gasteiger partial charge in [0.25, 0.3) is 0 Å². The molecule has 8 atom stereocenters. The first-order valence-corrected chi connectivity index (χ1v) is 12.7. The fourth-order valence-electron chi connectivity index (χ4n) is 8.71. The van der Waals surface area contributed by atoms with Crippen LogP contribution in [-0.2, 0) is 0 Å². The largest absolute Gasteiger partial charge is 0.327 e.